The van der Waals surface area contributed by atoms with Gasteiger partial charge in [0.05, 0.1) is 38.7 Å². The summed E-state index contributed by atoms with van der Waals surface area (Å²) in [4.78, 5) is 10.5. The maximum Gasteiger partial charge on any atom is 0.235 e. The average molecular weight is 627 g/mol. The van der Waals surface area contributed by atoms with Gasteiger partial charge in [0.25, 0.3) is 0 Å². The SMILES string of the molecule is c1ccc(-n2c3ccccc3c3cc(-c4ccc5c6ccccc6n(-c6nc7c8c(cccc8n6)Oc6ccccc6-7)c5c4)ccc32)cc1. The van der Waals surface area contributed by atoms with E-state index in [1.54, 1.807) is 0 Å². The molecule has 4 heterocycles. The van der Waals surface area contributed by atoms with Gasteiger partial charge in [-0.15, -0.1) is 0 Å². The molecule has 1 aliphatic heterocycles. The molecule has 0 N–H and O–H groups in total. The first-order valence-corrected chi connectivity index (χ1v) is 16.5. The van der Waals surface area contributed by atoms with Crippen molar-refractivity contribution < 1.29 is 4.74 Å². The van der Waals surface area contributed by atoms with Crippen molar-refractivity contribution in [3.8, 4) is 45.5 Å². The second-order valence-electron chi connectivity index (χ2n) is 12.6. The molecule has 49 heavy (non-hydrogen) atoms. The smallest absolute Gasteiger partial charge is 0.235 e. The van der Waals surface area contributed by atoms with Crippen LogP contribution in [0.3, 0.4) is 0 Å². The predicted octanol–water partition coefficient (Wildman–Crippen LogP) is 11.3. The van der Waals surface area contributed by atoms with Crippen LogP contribution in [-0.4, -0.2) is 19.1 Å². The van der Waals surface area contributed by atoms with E-state index in [2.05, 4.69) is 130 Å². The molecule has 0 atom stereocenters. The number of para-hydroxylation sites is 4. The summed E-state index contributed by atoms with van der Waals surface area (Å²) in [6, 6.07) is 55.5. The molecule has 3 aromatic heterocycles. The lowest BCUT2D eigenvalue weighted by atomic mass is 10.0. The van der Waals surface area contributed by atoms with Crippen molar-refractivity contribution in [3.63, 3.8) is 0 Å². The van der Waals surface area contributed by atoms with E-state index in [1.165, 1.54) is 27.2 Å². The molecule has 0 bridgehead atoms. The molecule has 10 aromatic rings. The number of aromatic nitrogens is 4. The number of rotatable bonds is 3. The molecule has 228 valence electrons. The molecule has 0 saturated carbocycles. The summed E-state index contributed by atoms with van der Waals surface area (Å²) in [6.07, 6.45) is 0. The fourth-order valence-corrected chi connectivity index (χ4v) is 7.76. The minimum absolute atomic E-state index is 0.640. The number of hydrogen-bond acceptors (Lipinski definition) is 3. The molecule has 0 amide bonds. The quantitative estimate of drug-likeness (QED) is 0.196. The van der Waals surface area contributed by atoms with Crippen molar-refractivity contribution in [2.24, 2.45) is 0 Å². The van der Waals surface area contributed by atoms with E-state index in [4.69, 9.17) is 14.7 Å². The first kappa shape index (κ1) is 26.4. The van der Waals surface area contributed by atoms with Crippen molar-refractivity contribution in [2.45, 2.75) is 0 Å². The van der Waals surface area contributed by atoms with Crippen LogP contribution in [0.5, 0.6) is 11.5 Å². The van der Waals surface area contributed by atoms with Crippen molar-refractivity contribution in [2.75, 3.05) is 0 Å². The van der Waals surface area contributed by atoms with Crippen molar-refractivity contribution in [1.29, 1.82) is 0 Å². The van der Waals surface area contributed by atoms with Crippen LogP contribution in [0.2, 0.25) is 0 Å². The third kappa shape index (κ3) is 3.75. The van der Waals surface area contributed by atoms with Crippen molar-refractivity contribution >= 4 is 54.5 Å². The minimum Gasteiger partial charge on any atom is -0.456 e. The summed E-state index contributed by atoms with van der Waals surface area (Å²) in [7, 11) is 0. The Balaban J connectivity index is 1.16. The molecule has 5 nitrogen and oxygen atoms in total. The maximum absolute atomic E-state index is 6.28. The Morgan fingerprint density at radius 3 is 1.96 bits per heavy atom. The molecule has 1 aliphatic rings. The summed E-state index contributed by atoms with van der Waals surface area (Å²) in [6.45, 7) is 0. The molecule has 0 aliphatic carbocycles. The summed E-state index contributed by atoms with van der Waals surface area (Å²) in [5, 5.41) is 5.73. The van der Waals surface area contributed by atoms with E-state index < -0.39 is 0 Å². The molecular weight excluding hydrogens is 601 g/mol. The van der Waals surface area contributed by atoms with Gasteiger partial charge in [-0.1, -0.05) is 91.0 Å². The van der Waals surface area contributed by atoms with E-state index in [1.807, 2.05) is 36.4 Å². The third-order valence-electron chi connectivity index (χ3n) is 9.93. The molecular formula is C44H26N4O. The molecule has 5 heteroatoms. The molecule has 11 rings (SSSR count). The third-order valence-corrected chi connectivity index (χ3v) is 9.93. The van der Waals surface area contributed by atoms with Crippen LogP contribution in [-0.2, 0) is 0 Å². The lowest BCUT2D eigenvalue weighted by Crippen LogP contribution is -2.06. The average Bonchev–Trinajstić information content (AvgIpc) is 3.67. The molecule has 0 radical (unpaired) electrons. The molecule has 7 aromatic carbocycles. The maximum atomic E-state index is 6.28. The largest absolute Gasteiger partial charge is 0.456 e. The Morgan fingerprint density at radius 2 is 1.08 bits per heavy atom. The normalized spacial score (nSPS) is 12.2. The van der Waals surface area contributed by atoms with Crippen molar-refractivity contribution in [1.82, 2.24) is 19.1 Å². The minimum atomic E-state index is 0.640. The topological polar surface area (TPSA) is 44.9 Å². The molecule has 0 unspecified atom stereocenters. The monoisotopic (exact) mass is 626 g/mol. The van der Waals surface area contributed by atoms with Gasteiger partial charge in [0.2, 0.25) is 5.95 Å². The summed E-state index contributed by atoms with van der Waals surface area (Å²) in [5.41, 5.74) is 10.7. The van der Waals surface area contributed by atoms with Crippen LogP contribution < -0.4 is 4.74 Å². The Labute approximate surface area is 280 Å². The van der Waals surface area contributed by atoms with Gasteiger partial charge in [0.15, 0.2) is 0 Å². The Morgan fingerprint density at radius 1 is 0.429 bits per heavy atom. The number of fused-ring (bicyclic) bond motifs is 8. The van der Waals surface area contributed by atoms with Crippen LogP contribution in [0.1, 0.15) is 0 Å². The Bertz CT molecular complexity index is 2970. The first-order valence-electron chi connectivity index (χ1n) is 16.5. The van der Waals surface area contributed by atoms with Gasteiger partial charge in [-0.25, -0.2) is 9.97 Å². The predicted molar refractivity (Wildman–Crippen MR) is 199 cm³/mol. The fourth-order valence-electron chi connectivity index (χ4n) is 7.76. The molecule has 0 saturated heterocycles. The highest BCUT2D eigenvalue weighted by Crippen LogP contribution is 2.46. The molecule has 0 spiro atoms. The van der Waals surface area contributed by atoms with E-state index in [9.17, 15) is 0 Å². The van der Waals surface area contributed by atoms with Crippen LogP contribution in [0.15, 0.2) is 158 Å². The summed E-state index contributed by atoms with van der Waals surface area (Å²) < 4.78 is 10.9. The highest BCUT2D eigenvalue weighted by Gasteiger charge is 2.24. The number of hydrogen-bond donors (Lipinski definition) is 0. The first-order chi connectivity index (χ1) is 24.3. The van der Waals surface area contributed by atoms with Crippen molar-refractivity contribution in [3.05, 3.63) is 158 Å². The Hall–Kier alpha value is -6.72. The van der Waals surface area contributed by atoms with Crippen LogP contribution in [0.25, 0.3) is 88.5 Å². The zero-order chi connectivity index (χ0) is 32.1. The standard InChI is InChI=1S/C44H26N4O/c1-2-11-29(12-3-1)47-36-17-7-5-14-31(36)34-25-27(22-24-38(34)47)28-21-23-32-30-13-4-8-18-37(30)48(39(32)26-28)44-45-35-16-10-20-41-42(35)43(46-44)33-15-6-9-19-40(33)49-41/h1-26H. The second-order valence-corrected chi connectivity index (χ2v) is 12.6. The second kappa shape index (κ2) is 9.89. The lowest BCUT2D eigenvalue weighted by molar-refractivity contribution is 0.486. The number of ether oxygens (including phenoxy) is 1. The van der Waals surface area contributed by atoms with Gasteiger partial charge in [-0.3, -0.25) is 4.57 Å². The van der Waals surface area contributed by atoms with Crippen LogP contribution >= 0.6 is 0 Å². The van der Waals surface area contributed by atoms with Gasteiger partial charge in [-0.2, -0.15) is 0 Å². The van der Waals surface area contributed by atoms with Gasteiger partial charge in [0.1, 0.15) is 11.5 Å². The van der Waals surface area contributed by atoms with E-state index in [0.717, 1.165) is 66.9 Å². The molecule has 0 fully saturated rings. The van der Waals surface area contributed by atoms with Gasteiger partial charge in [-0.05, 0) is 77.9 Å². The fraction of sp³-hybridized carbons (Fsp3) is 0. The van der Waals surface area contributed by atoms with Crippen LogP contribution in [0.4, 0.5) is 0 Å². The van der Waals surface area contributed by atoms with E-state index >= 15 is 0 Å². The van der Waals surface area contributed by atoms with Crippen LogP contribution in [0, 0.1) is 0 Å². The zero-order valence-corrected chi connectivity index (χ0v) is 26.2. The number of benzene rings is 7. The summed E-state index contributed by atoms with van der Waals surface area (Å²) >= 11 is 0. The highest BCUT2D eigenvalue weighted by molar-refractivity contribution is 6.12. The van der Waals surface area contributed by atoms with E-state index in [-0.39, 0.29) is 0 Å². The summed E-state index contributed by atoms with van der Waals surface area (Å²) in [5.74, 6) is 2.23. The van der Waals surface area contributed by atoms with Gasteiger partial charge in [0, 0.05) is 32.8 Å². The Kier molecular flexibility index (Phi) is 5.32. The van der Waals surface area contributed by atoms with Gasteiger partial charge < -0.3 is 9.30 Å². The van der Waals surface area contributed by atoms with E-state index in [0.29, 0.717) is 5.95 Å². The highest BCUT2D eigenvalue weighted by atomic mass is 16.5. The van der Waals surface area contributed by atoms with Gasteiger partial charge >= 0.3 is 0 Å². The zero-order valence-electron chi connectivity index (χ0n) is 26.2. The lowest BCUT2D eigenvalue weighted by Gasteiger charge is -2.21. The number of nitrogens with zero attached hydrogens (tertiary/aromatic N) is 4.